The Hall–Kier alpha value is -4.31. The number of benzene rings is 2. The summed E-state index contributed by atoms with van der Waals surface area (Å²) < 4.78 is 7.03. The number of anilines is 1. The average Bonchev–Trinajstić information content (AvgIpc) is 3.05. The fourth-order valence-electron chi connectivity index (χ4n) is 3.26. The minimum atomic E-state index is -0.988. The molecule has 0 aliphatic heterocycles. The van der Waals surface area contributed by atoms with Crippen molar-refractivity contribution in [3.63, 3.8) is 0 Å². The summed E-state index contributed by atoms with van der Waals surface area (Å²) in [6.07, 6.45) is 1.54. The van der Waals surface area contributed by atoms with Crippen molar-refractivity contribution in [3.8, 4) is 17.5 Å². The van der Waals surface area contributed by atoms with Crippen molar-refractivity contribution >= 4 is 23.6 Å². The molecule has 2 N–H and O–H groups in total. The van der Waals surface area contributed by atoms with E-state index in [1.807, 2.05) is 30.6 Å². The maximum absolute atomic E-state index is 12.6. The number of carbonyl (C=O) groups excluding carboxylic acids is 1. The zero-order valence-corrected chi connectivity index (χ0v) is 17.3. The number of rotatable bonds is 6. The number of aromatic nitrogens is 1. The fourth-order valence-corrected chi connectivity index (χ4v) is 3.26. The van der Waals surface area contributed by atoms with Gasteiger partial charge in [-0.25, -0.2) is 4.79 Å². The normalized spacial score (nSPS) is 11.0. The number of hydrogen-bond acceptors (Lipinski definition) is 4. The van der Waals surface area contributed by atoms with Crippen LogP contribution in [0.3, 0.4) is 0 Å². The number of nitriles is 1. The van der Waals surface area contributed by atoms with Crippen molar-refractivity contribution in [1.29, 1.82) is 5.26 Å². The fraction of sp³-hybridized carbons (Fsp3) is 0.125. The highest BCUT2D eigenvalue weighted by Crippen LogP contribution is 2.24. The van der Waals surface area contributed by atoms with E-state index >= 15 is 0 Å². The molecule has 7 heteroatoms. The lowest BCUT2D eigenvalue weighted by Crippen LogP contribution is -2.13. The largest absolute Gasteiger partial charge is 0.497 e. The number of ether oxygens (including phenoxy) is 1. The third kappa shape index (κ3) is 4.65. The van der Waals surface area contributed by atoms with Crippen molar-refractivity contribution in [2.45, 2.75) is 13.8 Å². The van der Waals surface area contributed by atoms with Gasteiger partial charge in [0.1, 0.15) is 17.4 Å². The van der Waals surface area contributed by atoms with Crippen LogP contribution in [0.1, 0.15) is 27.3 Å². The number of aryl methyl sites for hydroxylation is 1. The maximum Gasteiger partial charge on any atom is 0.335 e. The predicted octanol–water partition coefficient (Wildman–Crippen LogP) is 4.35. The van der Waals surface area contributed by atoms with Gasteiger partial charge in [-0.15, -0.1) is 0 Å². The average molecular weight is 415 g/mol. The van der Waals surface area contributed by atoms with E-state index in [1.54, 1.807) is 49.6 Å². The number of carbonyl (C=O) groups is 2. The van der Waals surface area contributed by atoms with Gasteiger partial charge in [0.2, 0.25) is 0 Å². The molecule has 0 fully saturated rings. The van der Waals surface area contributed by atoms with Crippen molar-refractivity contribution in [3.05, 3.63) is 82.7 Å². The summed E-state index contributed by atoms with van der Waals surface area (Å²) in [4.78, 5) is 23.7. The van der Waals surface area contributed by atoms with Gasteiger partial charge in [0, 0.05) is 22.8 Å². The first-order valence-electron chi connectivity index (χ1n) is 9.44. The summed E-state index contributed by atoms with van der Waals surface area (Å²) in [5.74, 6) is -0.834. The summed E-state index contributed by atoms with van der Waals surface area (Å²) in [6, 6.07) is 17.2. The van der Waals surface area contributed by atoms with Gasteiger partial charge in [-0.05, 0) is 80.1 Å². The maximum atomic E-state index is 12.6. The first-order valence-corrected chi connectivity index (χ1v) is 9.44. The van der Waals surface area contributed by atoms with E-state index in [0.29, 0.717) is 11.4 Å². The summed E-state index contributed by atoms with van der Waals surface area (Å²) >= 11 is 0. The van der Waals surface area contributed by atoms with Crippen LogP contribution in [-0.4, -0.2) is 28.7 Å². The van der Waals surface area contributed by atoms with Crippen molar-refractivity contribution in [1.82, 2.24) is 4.57 Å². The second-order valence-corrected chi connectivity index (χ2v) is 6.87. The Morgan fingerprint density at radius 2 is 1.74 bits per heavy atom. The number of amides is 1. The van der Waals surface area contributed by atoms with E-state index in [1.165, 1.54) is 12.1 Å². The van der Waals surface area contributed by atoms with Crippen LogP contribution in [0.2, 0.25) is 0 Å². The van der Waals surface area contributed by atoms with Gasteiger partial charge in [0.05, 0.1) is 12.7 Å². The van der Waals surface area contributed by atoms with Gasteiger partial charge in [-0.1, -0.05) is 0 Å². The van der Waals surface area contributed by atoms with Gasteiger partial charge < -0.3 is 19.7 Å². The second-order valence-electron chi connectivity index (χ2n) is 6.87. The lowest BCUT2D eigenvalue weighted by molar-refractivity contribution is -0.112. The van der Waals surface area contributed by atoms with Gasteiger partial charge in [0.15, 0.2) is 0 Å². The molecule has 1 aromatic heterocycles. The zero-order chi connectivity index (χ0) is 22.5. The lowest BCUT2D eigenvalue weighted by Gasteiger charge is -2.10. The Morgan fingerprint density at radius 1 is 1.10 bits per heavy atom. The van der Waals surface area contributed by atoms with Crippen LogP contribution in [0.25, 0.3) is 11.8 Å². The molecule has 0 aliphatic carbocycles. The molecule has 3 aromatic rings. The van der Waals surface area contributed by atoms with E-state index in [2.05, 4.69) is 5.32 Å². The Labute approximate surface area is 179 Å². The SMILES string of the molecule is COc1ccc(NC(=O)/C(C#N)=C\c2cc(C)n(-c3ccc(C(=O)O)cc3)c2C)cc1. The minimum absolute atomic E-state index is 0.0303. The molecule has 0 bridgehead atoms. The van der Waals surface area contributed by atoms with Crippen LogP contribution in [0, 0.1) is 25.2 Å². The molecular weight excluding hydrogens is 394 g/mol. The number of carboxylic acid groups (broad SMARTS) is 1. The van der Waals surface area contributed by atoms with Crippen LogP contribution in [0.5, 0.6) is 5.75 Å². The summed E-state index contributed by atoms with van der Waals surface area (Å²) in [7, 11) is 1.56. The number of nitrogens with zero attached hydrogens (tertiary/aromatic N) is 2. The number of aromatic carboxylic acids is 1. The van der Waals surface area contributed by atoms with Crippen LogP contribution in [-0.2, 0) is 4.79 Å². The van der Waals surface area contributed by atoms with Gasteiger partial charge in [-0.2, -0.15) is 5.26 Å². The van der Waals surface area contributed by atoms with Crippen LogP contribution in [0.4, 0.5) is 5.69 Å². The highest BCUT2D eigenvalue weighted by atomic mass is 16.5. The Balaban J connectivity index is 1.88. The molecule has 3 rings (SSSR count). The van der Waals surface area contributed by atoms with E-state index in [0.717, 1.165) is 22.6 Å². The first kappa shape index (κ1) is 21.4. The predicted molar refractivity (Wildman–Crippen MR) is 117 cm³/mol. The van der Waals surface area contributed by atoms with E-state index < -0.39 is 11.9 Å². The van der Waals surface area contributed by atoms with Crippen molar-refractivity contribution in [2.75, 3.05) is 12.4 Å². The molecular formula is C24H21N3O4. The van der Waals surface area contributed by atoms with E-state index in [4.69, 9.17) is 9.84 Å². The molecule has 0 saturated carbocycles. The van der Waals surface area contributed by atoms with Crippen LogP contribution < -0.4 is 10.1 Å². The number of carboxylic acids is 1. The molecule has 0 radical (unpaired) electrons. The second kappa shape index (κ2) is 9.01. The molecule has 156 valence electrons. The first-order chi connectivity index (χ1) is 14.8. The lowest BCUT2D eigenvalue weighted by atomic mass is 10.1. The monoisotopic (exact) mass is 415 g/mol. The van der Waals surface area contributed by atoms with Gasteiger partial charge >= 0.3 is 5.97 Å². The third-order valence-electron chi connectivity index (χ3n) is 4.86. The van der Waals surface area contributed by atoms with Crippen molar-refractivity contribution in [2.24, 2.45) is 0 Å². The Kier molecular flexibility index (Phi) is 6.22. The van der Waals surface area contributed by atoms with Gasteiger partial charge in [-0.3, -0.25) is 4.79 Å². The molecule has 2 aromatic carbocycles. The molecule has 1 amide bonds. The van der Waals surface area contributed by atoms with Gasteiger partial charge in [0.25, 0.3) is 5.91 Å². The van der Waals surface area contributed by atoms with Crippen molar-refractivity contribution < 1.29 is 19.4 Å². The standard InChI is InChI=1S/C24H21N3O4/c1-15-12-18(16(2)27(15)21-8-4-17(5-9-21)24(29)30)13-19(14-25)23(28)26-20-6-10-22(31-3)11-7-20/h4-13H,1-3H3,(H,26,28)(H,29,30)/b19-13-. The van der Waals surface area contributed by atoms with E-state index in [-0.39, 0.29) is 11.1 Å². The number of methoxy groups -OCH3 is 1. The third-order valence-corrected chi connectivity index (χ3v) is 4.86. The summed E-state index contributed by atoms with van der Waals surface area (Å²) in [6.45, 7) is 3.78. The number of hydrogen-bond donors (Lipinski definition) is 2. The van der Waals surface area contributed by atoms with E-state index in [9.17, 15) is 14.9 Å². The minimum Gasteiger partial charge on any atom is -0.497 e. The molecule has 7 nitrogen and oxygen atoms in total. The zero-order valence-electron chi connectivity index (χ0n) is 17.3. The Morgan fingerprint density at radius 3 is 2.29 bits per heavy atom. The quantitative estimate of drug-likeness (QED) is 0.460. The summed E-state index contributed by atoms with van der Waals surface area (Å²) in [5.41, 5.74) is 3.95. The number of nitrogens with one attached hydrogen (secondary N) is 1. The molecule has 0 atom stereocenters. The molecule has 0 saturated heterocycles. The Bertz CT molecular complexity index is 1200. The molecule has 0 aliphatic rings. The van der Waals surface area contributed by atoms with Crippen LogP contribution in [0.15, 0.2) is 60.2 Å². The summed E-state index contributed by atoms with van der Waals surface area (Å²) in [5, 5.41) is 21.3. The highest BCUT2D eigenvalue weighted by Gasteiger charge is 2.14. The van der Waals surface area contributed by atoms with Crippen LogP contribution >= 0.6 is 0 Å². The molecule has 1 heterocycles. The molecule has 0 unspecified atom stereocenters. The molecule has 31 heavy (non-hydrogen) atoms. The smallest absolute Gasteiger partial charge is 0.335 e. The topological polar surface area (TPSA) is 104 Å². The highest BCUT2D eigenvalue weighted by molar-refractivity contribution is 6.09. The molecule has 0 spiro atoms.